The molecule has 0 aliphatic rings. The van der Waals surface area contributed by atoms with Crippen LogP contribution in [0.5, 0.6) is 0 Å². The zero-order valence-corrected chi connectivity index (χ0v) is 36.3. The second-order valence-corrected chi connectivity index (χ2v) is 16.5. The first kappa shape index (κ1) is 53.2. The van der Waals surface area contributed by atoms with Crippen molar-refractivity contribution in [2.24, 2.45) is 0 Å². The molecule has 0 rings (SSSR count). The Hall–Kier alpha value is -1.77. The van der Waals surface area contributed by atoms with Crippen molar-refractivity contribution in [1.82, 2.24) is 5.32 Å². The third kappa shape index (κ3) is 43.2. The predicted molar refractivity (Wildman–Crippen MR) is 229 cm³/mol. The van der Waals surface area contributed by atoms with Gasteiger partial charge in [-0.3, -0.25) is 18.6 Å². The van der Waals surface area contributed by atoms with Crippen molar-refractivity contribution in [3.63, 3.8) is 0 Å². The molecule has 2 unspecified atom stereocenters. The molecule has 0 aliphatic carbocycles. The number of aliphatic hydroxyl groups is 1. The van der Waals surface area contributed by atoms with Crippen LogP contribution in [0.25, 0.3) is 0 Å². The van der Waals surface area contributed by atoms with E-state index in [0.29, 0.717) is 6.42 Å². The first-order chi connectivity index (χ1) is 26.8. The number of hydrogen-bond donors (Lipinski definition) is 3. The van der Waals surface area contributed by atoms with Gasteiger partial charge in [-0.05, 0) is 70.6 Å². The highest BCUT2D eigenvalue weighted by molar-refractivity contribution is 7.47. The van der Waals surface area contributed by atoms with E-state index in [2.05, 4.69) is 55.6 Å². The van der Waals surface area contributed by atoms with Crippen molar-refractivity contribution in [2.45, 2.75) is 213 Å². The van der Waals surface area contributed by atoms with E-state index in [4.69, 9.17) is 13.8 Å². The van der Waals surface area contributed by atoms with Crippen LogP contribution >= 0.6 is 7.82 Å². The monoisotopic (exact) mass is 798 g/mol. The summed E-state index contributed by atoms with van der Waals surface area (Å²) in [6.45, 7) is 3.52. The van der Waals surface area contributed by atoms with E-state index >= 15 is 0 Å². The van der Waals surface area contributed by atoms with Crippen molar-refractivity contribution in [3.8, 4) is 0 Å². The molecule has 9 nitrogen and oxygen atoms in total. The largest absolute Gasteiger partial charge is 0.472 e. The van der Waals surface area contributed by atoms with E-state index in [0.717, 1.165) is 57.8 Å². The maximum Gasteiger partial charge on any atom is 0.472 e. The number of allylic oxidation sites excluding steroid dienone is 6. The topological polar surface area (TPSA) is 131 Å². The maximum atomic E-state index is 12.1. The average Bonchev–Trinajstić information content (AvgIpc) is 3.17. The van der Waals surface area contributed by atoms with E-state index in [1.165, 1.54) is 122 Å². The lowest BCUT2D eigenvalue weighted by Crippen LogP contribution is -2.27. The Labute approximate surface area is 337 Å². The van der Waals surface area contributed by atoms with Crippen LogP contribution in [0, 0.1) is 0 Å². The lowest BCUT2D eigenvalue weighted by molar-refractivity contribution is -0.147. The van der Waals surface area contributed by atoms with Crippen molar-refractivity contribution < 1.29 is 37.9 Å². The minimum Gasteiger partial charge on any atom is -0.463 e. The summed E-state index contributed by atoms with van der Waals surface area (Å²) in [4.78, 5) is 33.9. The summed E-state index contributed by atoms with van der Waals surface area (Å²) >= 11 is 0. The maximum absolute atomic E-state index is 12.1. The van der Waals surface area contributed by atoms with Crippen LogP contribution in [0.1, 0.15) is 206 Å². The second-order valence-electron chi connectivity index (χ2n) is 15.0. The van der Waals surface area contributed by atoms with Crippen LogP contribution in [0.15, 0.2) is 36.5 Å². The molecule has 0 saturated carbocycles. The normalized spacial score (nSPS) is 13.6. The molecule has 55 heavy (non-hydrogen) atoms. The molecule has 0 saturated heterocycles. The first-order valence-electron chi connectivity index (χ1n) is 22.5. The SMILES string of the molecule is CCCCC/C=C\C/C=C\CCCCCCCCCC(=O)OCC(O)COP(=O)(O)OCCNC(=O)CCCCCCCCC/C=C\CCCCCCCC. The van der Waals surface area contributed by atoms with Gasteiger partial charge in [-0.15, -0.1) is 0 Å². The molecular weight excluding hydrogens is 713 g/mol. The number of carbonyl (C=O) groups is 2. The van der Waals surface area contributed by atoms with Gasteiger partial charge in [0.15, 0.2) is 0 Å². The number of rotatable bonds is 42. The molecule has 0 aromatic carbocycles. The van der Waals surface area contributed by atoms with Gasteiger partial charge in [-0.25, -0.2) is 4.57 Å². The van der Waals surface area contributed by atoms with Crippen LogP contribution in [-0.2, 0) is 27.9 Å². The average molecular weight is 798 g/mol. The highest BCUT2D eigenvalue weighted by atomic mass is 31.2. The van der Waals surface area contributed by atoms with Gasteiger partial charge in [0.05, 0.1) is 13.2 Å². The molecule has 1 amide bonds. The number of unbranched alkanes of at least 4 members (excludes halogenated alkanes) is 23. The van der Waals surface area contributed by atoms with E-state index in [1.54, 1.807) is 0 Å². The zero-order valence-electron chi connectivity index (χ0n) is 35.4. The fourth-order valence-electron chi connectivity index (χ4n) is 6.11. The van der Waals surface area contributed by atoms with Gasteiger partial charge in [0, 0.05) is 19.4 Å². The Morgan fingerprint density at radius 3 is 1.51 bits per heavy atom. The Bertz CT molecular complexity index is 1000. The molecule has 0 spiro atoms. The summed E-state index contributed by atoms with van der Waals surface area (Å²) in [5.41, 5.74) is 0. The Morgan fingerprint density at radius 1 is 0.564 bits per heavy atom. The van der Waals surface area contributed by atoms with E-state index in [9.17, 15) is 24.2 Å². The summed E-state index contributed by atoms with van der Waals surface area (Å²) in [6.07, 6.45) is 46.4. The van der Waals surface area contributed by atoms with Gasteiger partial charge in [0.1, 0.15) is 12.7 Å². The summed E-state index contributed by atoms with van der Waals surface area (Å²) in [5.74, 6) is -0.526. The molecule has 3 N–H and O–H groups in total. The standard InChI is InChI=1S/C45H84NO8P/c1-3-5-7-9-11-13-15-17-19-21-23-25-27-29-31-33-35-37-44(48)46-39-40-53-55(50,51)54-42-43(47)41-52-45(49)38-36-34-32-30-28-26-24-22-20-18-16-14-12-10-8-6-4-2/h12,14,17-20,43,47H,3-11,13,15-16,21-42H2,1-2H3,(H,46,48)(H,50,51)/b14-12-,19-17-,20-18-. The Balaban J connectivity index is 3.60. The number of amides is 1. The fourth-order valence-corrected chi connectivity index (χ4v) is 6.87. The molecule has 0 aromatic rings. The number of aliphatic hydroxyl groups excluding tert-OH is 1. The zero-order chi connectivity index (χ0) is 40.3. The molecule has 10 heteroatoms. The summed E-state index contributed by atoms with van der Waals surface area (Å²) in [6, 6.07) is 0. The molecular formula is C45H84NO8P. The molecule has 0 aromatic heterocycles. The van der Waals surface area contributed by atoms with E-state index in [1.807, 2.05) is 0 Å². The number of nitrogens with one attached hydrogen (secondary N) is 1. The van der Waals surface area contributed by atoms with Crippen molar-refractivity contribution >= 4 is 19.7 Å². The highest BCUT2D eigenvalue weighted by Gasteiger charge is 2.23. The Morgan fingerprint density at radius 2 is 0.982 bits per heavy atom. The van der Waals surface area contributed by atoms with Crippen molar-refractivity contribution in [1.29, 1.82) is 0 Å². The van der Waals surface area contributed by atoms with Crippen LogP contribution in [0.3, 0.4) is 0 Å². The van der Waals surface area contributed by atoms with Crippen LogP contribution in [-0.4, -0.2) is 54.3 Å². The fraction of sp³-hybridized carbons (Fsp3) is 0.822. The summed E-state index contributed by atoms with van der Waals surface area (Å²) < 4.78 is 26.9. The number of phosphoric acid groups is 1. The minimum atomic E-state index is -4.42. The van der Waals surface area contributed by atoms with Crippen LogP contribution in [0.4, 0.5) is 0 Å². The van der Waals surface area contributed by atoms with Crippen LogP contribution < -0.4 is 5.32 Å². The number of esters is 1. The molecule has 2 atom stereocenters. The molecule has 0 bridgehead atoms. The lowest BCUT2D eigenvalue weighted by atomic mass is 10.1. The second kappa shape index (κ2) is 41.9. The van der Waals surface area contributed by atoms with Gasteiger partial charge in [-0.2, -0.15) is 0 Å². The van der Waals surface area contributed by atoms with Gasteiger partial charge < -0.3 is 20.1 Å². The third-order valence-electron chi connectivity index (χ3n) is 9.54. The molecule has 0 fully saturated rings. The summed E-state index contributed by atoms with van der Waals surface area (Å²) in [5, 5.41) is 12.7. The quantitative estimate of drug-likeness (QED) is 0.0241. The van der Waals surface area contributed by atoms with Crippen molar-refractivity contribution in [2.75, 3.05) is 26.4 Å². The van der Waals surface area contributed by atoms with Crippen molar-refractivity contribution in [3.05, 3.63) is 36.5 Å². The van der Waals surface area contributed by atoms with Gasteiger partial charge in [0.25, 0.3) is 0 Å². The minimum absolute atomic E-state index is 0.0789. The van der Waals surface area contributed by atoms with E-state index in [-0.39, 0.29) is 32.1 Å². The number of carbonyl (C=O) groups excluding carboxylic acids is 2. The number of hydrogen-bond acceptors (Lipinski definition) is 7. The molecule has 0 radical (unpaired) electrons. The number of phosphoric ester groups is 1. The van der Waals surface area contributed by atoms with Gasteiger partial charge in [0.2, 0.25) is 5.91 Å². The lowest BCUT2D eigenvalue weighted by Gasteiger charge is -2.15. The highest BCUT2D eigenvalue weighted by Crippen LogP contribution is 2.42. The Kier molecular flexibility index (Phi) is 40.5. The molecule has 0 heterocycles. The molecule has 0 aliphatic heterocycles. The van der Waals surface area contributed by atoms with Crippen LogP contribution in [0.2, 0.25) is 0 Å². The van der Waals surface area contributed by atoms with E-state index < -0.39 is 26.5 Å². The smallest absolute Gasteiger partial charge is 0.463 e. The first-order valence-corrected chi connectivity index (χ1v) is 24.0. The summed E-state index contributed by atoms with van der Waals surface area (Å²) in [7, 11) is -4.42. The molecule has 322 valence electrons. The predicted octanol–water partition coefficient (Wildman–Crippen LogP) is 12.6. The third-order valence-corrected chi connectivity index (χ3v) is 10.5. The van der Waals surface area contributed by atoms with Gasteiger partial charge >= 0.3 is 13.8 Å². The van der Waals surface area contributed by atoms with Gasteiger partial charge in [-0.1, -0.05) is 159 Å². The number of ether oxygens (including phenoxy) is 1.